The van der Waals surface area contributed by atoms with Gasteiger partial charge in [-0.15, -0.1) is 0 Å². The summed E-state index contributed by atoms with van der Waals surface area (Å²) < 4.78 is 28.8. The van der Waals surface area contributed by atoms with Crippen LogP contribution in [0.5, 0.6) is 0 Å². The number of hydrogen-bond acceptors (Lipinski definition) is 5. The SMILES string of the molecule is Nc1ccc(F)c(C(=O)c2c[nH]c3ncnc(Nc4cccc5ccccc45)c23)c1F. The quantitative estimate of drug-likeness (QED) is 0.285. The third kappa shape index (κ3) is 3.05. The molecule has 3 aromatic carbocycles. The number of nitrogens with one attached hydrogen (secondary N) is 2. The van der Waals surface area contributed by atoms with Crippen molar-refractivity contribution in [3.05, 3.63) is 89.9 Å². The van der Waals surface area contributed by atoms with Crippen molar-refractivity contribution in [1.82, 2.24) is 15.0 Å². The fourth-order valence-electron chi connectivity index (χ4n) is 3.61. The van der Waals surface area contributed by atoms with Gasteiger partial charge in [0, 0.05) is 17.3 Å². The summed E-state index contributed by atoms with van der Waals surface area (Å²) in [5.41, 5.74) is 5.65. The zero-order chi connectivity index (χ0) is 21.5. The van der Waals surface area contributed by atoms with Gasteiger partial charge in [-0.05, 0) is 23.6 Å². The van der Waals surface area contributed by atoms with Crippen LogP contribution in [0.25, 0.3) is 21.8 Å². The van der Waals surface area contributed by atoms with Crippen molar-refractivity contribution >= 4 is 44.8 Å². The molecule has 0 unspecified atom stereocenters. The van der Waals surface area contributed by atoms with E-state index in [0.717, 1.165) is 28.6 Å². The molecule has 4 N–H and O–H groups in total. The Morgan fingerprint density at radius 2 is 1.81 bits per heavy atom. The number of carbonyl (C=O) groups is 1. The third-order valence-electron chi connectivity index (χ3n) is 5.11. The minimum atomic E-state index is -1.10. The Hall–Kier alpha value is -4.33. The second-order valence-corrected chi connectivity index (χ2v) is 6.95. The van der Waals surface area contributed by atoms with Crippen LogP contribution in [-0.2, 0) is 0 Å². The van der Waals surface area contributed by atoms with Gasteiger partial charge in [-0.3, -0.25) is 4.79 Å². The van der Waals surface area contributed by atoms with E-state index in [9.17, 15) is 13.6 Å². The van der Waals surface area contributed by atoms with Gasteiger partial charge in [-0.1, -0.05) is 36.4 Å². The highest BCUT2D eigenvalue weighted by Crippen LogP contribution is 2.32. The van der Waals surface area contributed by atoms with Crippen molar-refractivity contribution < 1.29 is 13.6 Å². The molecule has 152 valence electrons. The number of halogens is 2. The summed E-state index contributed by atoms with van der Waals surface area (Å²) in [7, 11) is 0. The molecule has 31 heavy (non-hydrogen) atoms. The van der Waals surface area contributed by atoms with Crippen LogP contribution in [0, 0.1) is 11.6 Å². The fourth-order valence-corrected chi connectivity index (χ4v) is 3.61. The number of aromatic nitrogens is 3. The molecule has 0 saturated carbocycles. The number of fused-ring (bicyclic) bond motifs is 2. The predicted molar refractivity (Wildman–Crippen MR) is 115 cm³/mol. The van der Waals surface area contributed by atoms with E-state index in [1.54, 1.807) is 0 Å². The molecule has 0 fully saturated rings. The molecule has 0 amide bonds. The lowest BCUT2D eigenvalue weighted by Gasteiger charge is -2.11. The summed E-state index contributed by atoms with van der Waals surface area (Å²) in [6.45, 7) is 0. The second kappa shape index (κ2) is 7.17. The highest BCUT2D eigenvalue weighted by atomic mass is 19.1. The Kier molecular flexibility index (Phi) is 4.32. The highest BCUT2D eigenvalue weighted by molar-refractivity contribution is 6.18. The van der Waals surface area contributed by atoms with Crippen LogP contribution < -0.4 is 11.1 Å². The van der Waals surface area contributed by atoms with Gasteiger partial charge in [0.25, 0.3) is 0 Å². The van der Waals surface area contributed by atoms with Crippen molar-refractivity contribution in [3.8, 4) is 0 Å². The first-order valence-electron chi connectivity index (χ1n) is 9.39. The summed E-state index contributed by atoms with van der Waals surface area (Å²) in [5.74, 6) is -2.62. The number of H-pyrrole nitrogens is 1. The van der Waals surface area contributed by atoms with Gasteiger partial charge in [0.2, 0.25) is 5.78 Å². The Morgan fingerprint density at radius 3 is 2.68 bits per heavy atom. The van der Waals surface area contributed by atoms with E-state index in [1.165, 1.54) is 12.5 Å². The number of ketones is 1. The number of nitrogens with two attached hydrogens (primary N) is 1. The predicted octanol–water partition coefficient (Wildman–Crippen LogP) is 4.95. The van der Waals surface area contributed by atoms with Crippen LogP contribution in [0.4, 0.5) is 26.0 Å². The molecular formula is C23H15F2N5O. The summed E-state index contributed by atoms with van der Waals surface area (Å²) in [6.07, 6.45) is 2.69. The summed E-state index contributed by atoms with van der Waals surface area (Å²) >= 11 is 0. The van der Waals surface area contributed by atoms with Gasteiger partial charge in [0.05, 0.1) is 22.2 Å². The standard InChI is InChI=1S/C23H15F2N5O/c24-15-8-9-16(26)20(25)19(15)21(31)14-10-27-22-18(14)23(29-11-28-22)30-17-7-3-5-12-4-1-2-6-13(12)17/h1-11H,26H2,(H2,27,28,29,30). The molecule has 0 radical (unpaired) electrons. The van der Waals surface area contributed by atoms with Crippen molar-refractivity contribution in [3.63, 3.8) is 0 Å². The van der Waals surface area contributed by atoms with E-state index in [-0.39, 0.29) is 11.3 Å². The Labute approximate surface area is 174 Å². The van der Waals surface area contributed by atoms with Gasteiger partial charge in [0.1, 0.15) is 23.6 Å². The van der Waals surface area contributed by atoms with Crippen molar-refractivity contribution in [2.24, 2.45) is 0 Å². The Balaban J connectivity index is 1.66. The van der Waals surface area contributed by atoms with Crippen LogP contribution in [0.3, 0.4) is 0 Å². The van der Waals surface area contributed by atoms with Crippen LogP contribution in [-0.4, -0.2) is 20.7 Å². The number of carbonyl (C=O) groups excluding carboxylic acids is 1. The molecule has 0 saturated heterocycles. The normalized spacial score (nSPS) is 11.2. The van der Waals surface area contributed by atoms with Crippen molar-refractivity contribution in [1.29, 1.82) is 0 Å². The molecule has 2 aromatic heterocycles. The van der Waals surface area contributed by atoms with Gasteiger partial charge >= 0.3 is 0 Å². The highest BCUT2D eigenvalue weighted by Gasteiger charge is 2.25. The van der Waals surface area contributed by atoms with E-state index in [4.69, 9.17) is 5.73 Å². The minimum absolute atomic E-state index is 0.0294. The molecule has 5 rings (SSSR count). The van der Waals surface area contributed by atoms with E-state index in [2.05, 4.69) is 20.3 Å². The van der Waals surface area contributed by atoms with Gasteiger partial charge in [0.15, 0.2) is 5.82 Å². The molecule has 0 bridgehead atoms. The maximum atomic E-state index is 14.5. The van der Waals surface area contributed by atoms with E-state index >= 15 is 0 Å². The summed E-state index contributed by atoms with van der Waals surface area (Å²) in [6, 6.07) is 15.6. The van der Waals surface area contributed by atoms with Gasteiger partial charge in [-0.2, -0.15) is 0 Å². The monoisotopic (exact) mass is 415 g/mol. The van der Waals surface area contributed by atoms with Gasteiger partial charge < -0.3 is 16.0 Å². The smallest absolute Gasteiger partial charge is 0.201 e. The second-order valence-electron chi connectivity index (χ2n) is 6.95. The lowest BCUT2D eigenvalue weighted by atomic mass is 10.0. The number of nitrogens with zero attached hydrogens (tertiary/aromatic N) is 2. The first-order valence-corrected chi connectivity index (χ1v) is 9.39. The molecule has 0 aliphatic carbocycles. The van der Waals surface area contributed by atoms with Crippen molar-refractivity contribution in [2.75, 3.05) is 11.1 Å². The van der Waals surface area contributed by atoms with Gasteiger partial charge in [-0.25, -0.2) is 18.7 Å². The van der Waals surface area contributed by atoms with Crippen LogP contribution in [0.2, 0.25) is 0 Å². The average Bonchev–Trinajstić information content (AvgIpc) is 3.22. The molecule has 0 aliphatic rings. The van der Waals surface area contributed by atoms with Crippen LogP contribution in [0.15, 0.2) is 67.1 Å². The number of nitrogen functional groups attached to an aromatic ring is 1. The first-order chi connectivity index (χ1) is 15.0. The molecule has 5 aromatic rings. The van der Waals surface area contributed by atoms with E-state index in [1.807, 2.05) is 42.5 Å². The maximum Gasteiger partial charge on any atom is 0.201 e. The number of hydrogen-bond donors (Lipinski definition) is 3. The summed E-state index contributed by atoms with van der Waals surface area (Å²) in [5, 5.41) is 5.52. The third-order valence-corrected chi connectivity index (χ3v) is 5.11. The van der Waals surface area contributed by atoms with E-state index < -0.39 is 23.0 Å². The molecule has 2 heterocycles. The maximum absolute atomic E-state index is 14.5. The molecule has 6 nitrogen and oxygen atoms in total. The van der Waals surface area contributed by atoms with Crippen LogP contribution in [0.1, 0.15) is 15.9 Å². The van der Waals surface area contributed by atoms with E-state index in [0.29, 0.717) is 16.9 Å². The molecule has 0 atom stereocenters. The zero-order valence-corrected chi connectivity index (χ0v) is 16.0. The molecular weight excluding hydrogens is 400 g/mol. The molecule has 8 heteroatoms. The van der Waals surface area contributed by atoms with Crippen molar-refractivity contribution in [2.45, 2.75) is 0 Å². The number of aromatic amines is 1. The minimum Gasteiger partial charge on any atom is -0.396 e. The lowest BCUT2D eigenvalue weighted by molar-refractivity contribution is 0.103. The average molecular weight is 415 g/mol. The molecule has 0 aliphatic heterocycles. The summed E-state index contributed by atoms with van der Waals surface area (Å²) in [4.78, 5) is 24.4. The number of benzene rings is 3. The first kappa shape index (κ1) is 18.7. The van der Waals surface area contributed by atoms with Crippen LogP contribution >= 0.6 is 0 Å². The molecule has 0 spiro atoms. The number of rotatable bonds is 4. The zero-order valence-electron chi connectivity index (χ0n) is 16.0. The Bertz CT molecular complexity index is 1470. The Morgan fingerprint density at radius 1 is 1.00 bits per heavy atom. The fraction of sp³-hybridized carbons (Fsp3) is 0. The number of anilines is 3. The topological polar surface area (TPSA) is 96.7 Å². The largest absolute Gasteiger partial charge is 0.396 e. The lowest BCUT2D eigenvalue weighted by Crippen LogP contribution is -2.10.